The lowest BCUT2D eigenvalue weighted by Crippen LogP contribution is -2.16. The molecule has 0 bridgehead atoms. The molecule has 7 heteroatoms. The van der Waals surface area contributed by atoms with Gasteiger partial charge in [0.05, 0.1) is 11.3 Å². The normalized spacial score (nSPS) is 17.5. The van der Waals surface area contributed by atoms with Crippen LogP contribution in [0.5, 0.6) is 0 Å². The molecule has 0 fully saturated rings. The van der Waals surface area contributed by atoms with Crippen molar-refractivity contribution in [2.45, 2.75) is 12.3 Å². The van der Waals surface area contributed by atoms with Gasteiger partial charge in [-0.15, -0.1) is 5.48 Å². The summed E-state index contributed by atoms with van der Waals surface area (Å²) < 4.78 is 38.9. The maximum Gasteiger partial charge on any atom is 0.416 e. The van der Waals surface area contributed by atoms with Gasteiger partial charge in [0.15, 0.2) is 6.17 Å². The number of hydrogen-bond donors (Lipinski definition) is 1. The number of halogens is 3. The van der Waals surface area contributed by atoms with Gasteiger partial charge in [0, 0.05) is 11.8 Å². The fourth-order valence-electron chi connectivity index (χ4n) is 2.14. The molecule has 23 heavy (non-hydrogen) atoms. The molecule has 0 saturated heterocycles. The maximum atomic E-state index is 13.0. The molecule has 3 rings (SSSR count). The first-order valence-corrected chi connectivity index (χ1v) is 6.73. The minimum atomic E-state index is -4.46. The van der Waals surface area contributed by atoms with E-state index in [1.165, 1.54) is 12.1 Å². The number of pyridine rings is 1. The lowest BCUT2D eigenvalue weighted by molar-refractivity contribution is -0.137. The van der Waals surface area contributed by atoms with Crippen molar-refractivity contribution in [3.05, 3.63) is 71.6 Å². The van der Waals surface area contributed by atoms with Gasteiger partial charge in [0.25, 0.3) is 0 Å². The van der Waals surface area contributed by atoms with Gasteiger partial charge in [0.1, 0.15) is 0 Å². The molecular weight excluding hydrogens is 307 g/mol. The van der Waals surface area contributed by atoms with Crippen LogP contribution in [0.25, 0.3) is 6.08 Å². The van der Waals surface area contributed by atoms with Gasteiger partial charge in [-0.05, 0) is 35.9 Å². The van der Waals surface area contributed by atoms with Crippen molar-refractivity contribution < 1.29 is 18.0 Å². The number of rotatable bonds is 3. The molecule has 118 valence electrons. The van der Waals surface area contributed by atoms with Crippen LogP contribution in [0.2, 0.25) is 0 Å². The Morgan fingerprint density at radius 1 is 1.22 bits per heavy atom. The van der Waals surface area contributed by atoms with Crippen LogP contribution in [0, 0.1) is 0 Å². The molecule has 1 N–H and O–H groups in total. The van der Waals surface area contributed by atoms with E-state index in [1.54, 1.807) is 24.4 Å². The standard InChI is InChI=1S/C16H12F3N3O/c1-2-10-7-11(9-12(8-10)16(17,18)19)15-21-14(22-23-15)13-5-3-4-6-20-13/h2-9,14,22H,1H2. The molecule has 4 nitrogen and oxygen atoms in total. The van der Waals surface area contributed by atoms with Crippen LogP contribution >= 0.6 is 0 Å². The highest BCUT2D eigenvalue weighted by molar-refractivity contribution is 5.95. The summed E-state index contributed by atoms with van der Waals surface area (Å²) in [4.78, 5) is 13.6. The summed E-state index contributed by atoms with van der Waals surface area (Å²) in [6.45, 7) is 3.51. The van der Waals surface area contributed by atoms with Crippen molar-refractivity contribution in [2.24, 2.45) is 4.99 Å². The van der Waals surface area contributed by atoms with E-state index in [0.29, 0.717) is 11.3 Å². The maximum absolute atomic E-state index is 13.0. The van der Waals surface area contributed by atoms with Gasteiger partial charge in [-0.25, -0.2) is 4.99 Å². The molecule has 1 aromatic heterocycles. The monoisotopic (exact) mass is 319 g/mol. The first-order valence-electron chi connectivity index (χ1n) is 6.73. The third kappa shape index (κ3) is 3.24. The molecule has 0 saturated carbocycles. The summed E-state index contributed by atoms with van der Waals surface area (Å²) in [6.07, 6.45) is -2.07. The van der Waals surface area contributed by atoms with E-state index in [0.717, 1.165) is 12.1 Å². The zero-order chi connectivity index (χ0) is 16.4. The van der Waals surface area contributed by atoms with Gasteiger partial charge >= 0.3 is 6.18 Å². The summed E-state index contributed by atoms with van der Waals surface area (Å²) in [5.41, 5.74) is 3.03. The molecule has 1 aliphatic heterocycles. The predicted octanol–water partition coefficient (Wildman–Crippen LogP) is 3.72. The molecule has 1 aliphatic rings. The Morgan fingerprint density at radius 2 is 2.04 bits per heavy atom. The van der Waals surface area contributed by atoms with Gasteiger partial charge < -0.3 is 4.84 Å². The third-order valence-electron chi connectivity index (χ3n) is 3.25. The number of alkyl halides is 3. The second-order valence-corrected chi connectivity index (χ2v) is 4.86. The number of hydrogen-bond acceptors (Lipinski definition) is 4. The Labute approximate surface area is 130 Å². The zero-order valence-corrected chi connectivity index (χ0v) is 11.8. The summed E-state index contributed by atoms with van der Waals surface area (Å²) >= 11 is 0. The highest BCUT2D eigenvalue weighted by Crippen LogP contribution is 2.32. The van der Waals surface area contributed by atoms with Crippen molar-refractivity contribution in [1.29, 1.82) is 0 Å². The van der Waals surface area contributed by atoms with Gasteiger partial charge in [-0.3, -0.25) is 4.98 Å². The van der Waals surface area contributed by atoms with E-state index >= 15 is 0 Å². The third-order valence-corrected chi connectivity index (χ3v) is 3.25. The number of aliphatic imine (C=N–C) groups is 1. The first kappa shape index (κ1) is 15.2. The van der Waals surface area contributed by atoms with E-state index in [4.69, 9.17) is 4.84 Å². The van der Waals surface area contributed by atoms with Crippen LogP contribution in [-0.2, 0) is 11.0 Å². The Balaban J connectivity index is 1.97. The van der Waals surface area contributed by atoms with Gasteiger partial charge in [0.2, 0.25) is 5.90 Å². The van der Waals surface area contributed by atoms with Crippen LogP contribution in [0.1, 0.15) is 28.6 Å². The SMILES string of the molecule is C=Cc1cc(C2=NC(c3ccccn3)NO2)cc(C(F)(F)F)c1. The fraction of sp³-hybridized carbons (Fsp3) is 0.125. The summed E-state index contributed by atoms with van der Waals surface area (Å²) in [7, 11) is 0. The second-order valence-electron chi connectivity index (χ2n) is 4.86. The fourth-order valence-corrected chi connectivity index (χ4v) is 2.14. The molecule has 1 atom stereocenters. The van der Waals surface area contributed by atoms with Crippen molar-refractivity contribution >= 4 is 12.0 Å². The molecule has 2 heterocycles. The van der Waals surface area contributed by atoms with Crippen LogP contribution in [0.15, 0.2) is 54.2 Å². The van der Waals surface area contributed by atoms with E-state index < -0.39 is 17.9 Å². The summed E-state index contributed by atoms with van der Waals surface area (Å²) in [5, 5.41) is 0. The highest BCUT2D eigenvalue weighted by Gasteiger charge is 2.32. The first-order chi connectivity index (χ1) is 11.0. The van der Waals surface area contributed by atoms with E-state index in [1.807, 2.05) is 0 Å². The highest BCUT2D eigenvalue weighted by atomic mass is 19.4. The molecule has 1 unspecified atom stereocenters. The average molecular weight is 319 g/mol. The van der Waals surface area contributed by atoms with Crippen molar-refractivity contribution in [2.75, 3.05) is 0 Å². The minimum absolute atomic E-state index is 0.0786. The van der Waals surface area contributed by atoms with Crippen LogP contribution < -0.4 is 5.48 Å². The number of benzene rings is 1. The Hall–Kier alpha value is -2.67. The van der Waals surface area contributed by atoms with Crippen molar-refractivity contribution in [1.82, 2.24) is 10.5 Å². The second kappa shape index (κ2) is 5.85. The topological polar surface area (TPSA) is 46.5 Å². The van der Waals surface area contributed by atoms with Gasteiger partial charge in [-0.2, -0.15) is 13.2 Å². The van der Waals surface area contributed by atoms with Crippen molar-refractivity contribution in [3.63, 3.8) is 0 Å². The number of aromatic nitrogens is 1. The molecule has 0 aliphatic carbocycles. The molecule has 1 aromatic carbocycles. The summed E-state index contributed by atoms with van der Waals surface area (Å²) in [6, 6.07) is 8.84. The lowest BCUT2D eigenvalue weighted by Gasteiger charge is -2.10. The average Bonchev–Trinajstić information content (AvgIpc) is 3.04. The van der Waals surface area contributed by atoms with Crippen LogP contribution in [0.3, 0.4) is 0 Å². The Kier molecular flexibility index (Phi) is 3.87. The minimum Gasteiger partial charge on any atom is -0.386 e. The van der Waals surface area contributed by atoms with E-state index in [-0.39, 0.29) is 11.5 Å². The van der Waals surface area contributed by atoms with E-state index in [2.05, 4.69) is 22.0 Å². The Bertz CT molecular complexity index is 757. The number of nitrogens with one attached hydrogen (secondary N) is 1. The number of nitrogens with zero attached hydrogens (tertiary/aromatic N) is 2. The van der Waals surface area contributed by atoms with Gasteiger partial charge in [-0.1, -0.05) is 18.7 Å². The molecular formula is C16H12F3N3O. The molecule has 0 spiro atoms. The van der Waals surface area contributed by atoms with E-state index in [9.17, 15) is 13.2 Å². The summed E-state index contributed by atoms with van der Waals surface area (Å²) in [5.74, 6) is 0.0786. The smallest absolute Gasteiger partial charge is 0.386 e. The predicted molar refractivity (Wildman–Crippen MR) is 79.3 cm³/mol. The Morgan fingerprint density at radius 3 is 2.70 bits per heavy atom. The van der Waals surface area contributed by atoms with Crippen LogP contribution in [0.4, 0.5) is 13.2 Å². The zero-order valence-electron chi connectivity index (χ0n) is 11.8. The number of hydroxylamine groups is 1. The largest absolute Gasteiger partial charge is 0.416 e. The molecule has 2 aromatic rings. The molecule has 0 amide bonds. The quantitative estimate of drug-likeness (QED) is 0.938. The van der Waals surface area contributed by atoms with Crippen molar-refractivity contribution in [3.8, 4) is 0 Å². The van der Waals surface area contributed by atoms with Crippen LogP contribution in [-0.4, -0.2) is 10.9 Å². The lowest BCUT2D eigenvalue weighted by atomic mass is 10.0. The molecule has 0 radical (unpaired) electrons.